The summed E-state index contributed by atoms with van der Waals surface area (Å²) in [4.78, 5) is 30.9. The Morgan fingerprint density at radius 2 is 1.71 bits per heavy atom. The van der Waals surface area contributed by atoms with Crippen molar-refractivity contribution in [2.75, 3.05) is 0 Å². The second-order valence-electron chi connectivity index (χ2n) is 7.73. The van der Waals surface area contributed by atoms with E-state index in [1.54, 1.807) is 40.4 Å². The first-order valence-corrected chi connectivity index (χ1v) is 9.87. The Morgan fingerprint density at radius 3 is 2.42 bits per heavy atom. The molecule has 0 saturated heterocycles. The van der Waals surface area contributed by atoms with E-state index in [4.69, 9.17) is 0 Å². The number of nitrogens with zero attached hydrogens (tertiary/aromatic N) is 5. The van der Waals surface area contributed by atoms with Gasteiger partial charge >= 0.3 is 5.69 Å². The summed E-state index contributed by atoms with van der Waals surface area (Å²) >= 11 is 0. The van der Waals surface area contributed by atoms with Crippen LogP contribution < -0.4 is 11.2 Å². The molecule has 0 bridgehead atoms. The maximum Gasteiger partial charge on any atom is 0.332 e. The minimum Gasteiger partial charge on any atom is -0.280 e. The van der Waals surface area contributed by atoms with E-state index in [1.807, 2.05) is 38.1 Å². The topological polar surface area (TPSA) is 66.2 Å². The monoisotopic (exact) mass is 417 g/mol. The molecular weight excluding hydrogens is 397 g/mol. The lowest BCUT2D eigenvalue weighted by molar-refractivity contribution is 0.618. The SMILES string of the molecule is Cc1ccc(Cn2c(=O)c3c(nc4n(-c5ccccc5F)c(C)cn34)n(C)c2=O)cc1. The molecule has 5 aromatic rings. The van der Waals surface area contributed by atoms with Crippen LogP contribution in [0.15, 0.2) is 64.3 Å². The average Bonchev–Trinajstić information content (AvgIpc) is 3.26. The zero-order valence-electron chi connectivity index (χ0n) is 17.3. The zero-order valence-corrected chi connectivity index (χ0v) is 17.3. The molecule has 0 spiro atoms. The Kier molecular flexibility index (Phi) is 4.18. The lowest BCUT2D eigenvalue weighted by Crippen LogP contribution is -2.39. The fourth-order valence-electron chi connectivity index (χ4n) is 3.96. The predicted molar refractivity (Wildman–Crippen MR) is 117 cm³/mol. The predicted octanol–water partition coefficient (Wildman–Crippen LogP) is 2.94. The molecule has 8 heteroatoms. The van der Waals surface area contributed by atoms with Gasteiger partial charge < -0.3 is 0 Å². The molecule has 7 nitrogen and oxygen atoms in total. The summed E-state index contributed by atoms with van der Waals surface area (Å²) in [6.07, 6.45) is 1.74. The number of aromatic nitrogens is 5. The van der Waals surface area contributed by atoms with Crippen molar-refractivity contribution in [3.63, 3.8) is 0 Å². The van der Waals surface area contributed by atoms with Gasteiger partial charge in [-0.3, -0.25) is 22.9 Å². The number of hydrogen-bond donors (Lipinski definition) is 0. The molecule has 31 heavy (non-hydrogen) atoms. The molecule has 3 aromatic heterocycles. The maximum absolute atomic E-state index is 14.5. The van der Waals surface area contributed by atoms with Gasteiger partial charge in [0.2, 0.25) is 5.78 Å². The van der Waals surface area contributed by atoms with Crippen molar-refractivity contribution >= 4 is 16.9 Å². The van der Waals surface area contributed by atoms with Crippen molar-refractivity contribution in [3.8, 4) is 5.69 Å². The molecule has 0 N–H and O–H groups in total. The summed E-state index contributed by atoms with van der Waals surface area (Å²) in [5.74, 6) is -0.0285. The zero-order chi connectivity index (χ0) is 21.9. The first-order valence-electron chi connectivity index (χ1n) is 9.87. The first kappa shape index (κ1) is 19.0. The molecule has 0 atom stereocenters. The highest BCUT2D eigenvalue weighted by molar-refractivity contribution is 5.76. The molecule has 0 unspecified atom stereocenters. The fraction of sp³-hybridized carbons (Fsp3) is 0.174. The Balaban J connectivity index is 1.80. The van der Waals surface area contributed by atoms with Crippen molar-refractivity contribution in [3.05, 3.63) is 98.2 Å². The summed E-state index contributed by atoms with van der Waals surface area (Å²) in [6.45, 7) is 3.95. The minimum absolute atomic E-state index is 0.155. The molecule has 0 saturated carbocycles. The van der Waals surface area contributed by atoms with Crippen LogP contribution in [0.25, 0.3) is 22.6 Å². The smallest absolute Gasteiger partial charge is 0.280 e. The third-order valence-corrected chi connectivity index (χ3v) is 5.58. The van der Waals surface area contributed by atoms with Gasteiger partial charge in [-0.05, 0) is 31.5 Å². The van der Waals surface area contributed by atoms with Gasteiger partial charge in [-0.15, -0.1) is 0 Å². The highest BCUT2D eigenvalue weighted by atomic mass is 19.1. The number of hydrogen-bond acceptors (Lipinski definition) is 3. The number of halogens is 1. The highest BCUT2D eigenvalue weighted by Gasteiger charge is 2.21. The molecule has 3 heterocycles. The van der Waals surface area contributed by atoms with E-state index < -0.39 is 17.1 Å². The van der Waals surface area contributed by atoms with E-state index in [2.05, 4.69) is 4.98 Å². The summed E-state index contributed by atoms with van der Waals surface area (Å²) in [5, 5.41) is 0. The van der Waals surface area contributed by atoms with E-state index in [0.717, 1.165) is 11.1 Å². The van der Waals surface area contributed by atoms with Crippen LogP contribution in [-0.2, 0) is 13.6 Å². The second-order valence-corrected chi connectivity index (χ2v) is 7.73. The van der Waals surface area contributed by atoms with Crippen molar-refractivity contribution in [1.29, 1.82) is 0 Å². The van der Waals surface area contributed by atoms with Crippen molar-refractivity contribution in [2.45, 2.75) is 20.4 Å². The van der Waals surface area contributed by atoms with Gasteiger partial charge in [0.1, 0.15) is 5.82 Å². The Bertz CT molecular complexity index is 1590. The van der Waals surface area contributed by atoms with Crippen LogP contribution in [-0.4, -0.2) is 23.1 Å². The third-order valence-electron chi connectivity index (χ3n) is 5.58. The van der Waals surface area contributed by atoms with Gasteiger partial charge in [0.15, 0.2) is 11.2 Å². The summed E-state index contributed by atoms with van der Waals surface area (Å²) in [6, 6.07) is 14.1. The molecular formula is C23H20FN5O2. The Hall–Kier alpha value is -3.94. The van der Waals surface area contributed by atoms with Gasteiger partial charge in [0, 0.05) is 18.9 Å². The lowest BCUT2D eigenvalue weighted by Gasteiger charge is -2.08. The first-order chi connectivity index (χ1) is 14.9. The minimum atomic E-state index is -0.451. The van der Waals surface area contributed by atoms with Crippen LogP contribution >= 0.6 is 0 Å². The van der Waals surface area contributed by atoms with Gasteiger partial charge in [-0.25, -0.2) is 9.18 Å². The van der Waals surface area contributed by atoms with Gasteiger partial charge in [0.25, 0.3) is 5.56 Å². The van der Waals surface area contributed by atoms with Gasteiger partial charge in [-0.2, -0.15) is 4.98 Å². The van der Waals surface area contributed by atoms with Crippen LogP contribution in [0, 0.1) is 19.7 Å². The standard InChI is InChI=1S/C23H20FN5O2/c1-14-8-10-16(11-9-14)13-28-21(30)19-20(26(3)23(28)31)25-22-27(19)12-15(2)29(22)18-7-5-4-6-17(18)24/h4-12H,13H2,1-3H3. The Labute approximate surface area is 176 Å². The molecule has 2 aromatic carbocycles. The van der Waals surface area contributed by atoms with E-state index in [9.17, 15) is 14.0 Å². The number of fused-ring (bicyclic) bond motifs is 3. The molecule has 0 amide bonds. The molecule has 0 aliphatic carbocycles. The Morgan fingerprint density at radius 1 is 1.00 bits per heavy atom. The summed E-state index contributed by atoms with van der Waals surface area (Å²) in [5.41, 5.74) is 2.65. The van der Waals surface area contributed by atoms with Crippen LogP contribution in [0.2, 0.25) is 0 Å². The van der Waals surface area contributed by atoms with E-state index in [1.165, 1.54) is 15.2 Å². The number of para-hydroxylation sites is 1. The average molecular weight is 417 g/mol. The molecule has 0 radical (unpaired) electrons. The van der Waals surface area contributed by atoms with Gasteiger partial charge in [0.05, 0.1) is 12.2 Å². The van der Waals surface area contributed by atoms with Crippen LogP contribution in [0.5, 0.6) is 0 Å². The number of imidazole rings is 2. The van der Waals surface area contributed by atoms with Gasteiger partial charge in [-0.1, -0.05) is 42.0 Å². The van der Waals surface area contributed by atoms with Crippen molar-refractivity contribution < 1.29 is 4.39 Å². The third kappa shape index (κ3) is 2.83. The van der Waals surface area contributed by atoms with Crippen LogP contribution in [0.4, 0.5) is 4.39 Å². The largest absolute Gasteiger partial charge is 0.332 e. The second kappa shape index (κ2) is 6.80. The molecule has 156 valence electrons. The molecule has 5 rings (SSSR count). The van der Waals surface area contributed by atoms with E-state index >= 15 is 0 Å². The fourth-order valence-corrected chi connectivity index (χ4v) is 3.96. The number of benzene rings is 2. The van der Waals surface area contributed by atoms with Crippen LogP contribution in [0.3, 0.4) is 0 Å². The van der Waals surface area contributed by atoms with Crippen molar-refractivity contribution in [2.24, 2.45) is 7.05 Å². The van der Waals surface area contributed by atoms with Crippen molar-refractivity contribution in [1.82, 2.24) is 23.1 Å². The quantitative estimate of drug-likeness (QED) is 0.453. The lowest BCUT2D eigenvalue weighted by atomic mass is 10.1. The molecule has 0 aliphatic rings. The number of rotatable bonds is 3. The molecule has 0 fully saturated rings. The number of aryl methyl sites for hydroxylation is 3. The summed E-state index contributed by atoms with van der Waals surface area (Å²) < 4.78 is 20.3. The van der Waals surface area contributed by atoms with Crippen LogP contribution in [0.1, 0.15) is 16.8 Å². The van der Waals surface area contributed by atoms with E-state index in [0.29, 0.717) is 17.2 Å². The summed E-state index contributed by atoms with van der Waals surface area (Å²) in [7, 11) is 1.59. The van der Waals surface area contributed by atoms with E-state index in [-0.39, 0.29) is 17.7 Å². The molecule has 0 aliphatic heterocycles. The normalized spacial score (nSPS) is 11.6. The highest BCUT2D eigenvalue weighted by Crippen LogP contribution is 2.22. The maximum atomic E-state index is 14.5.